The first-order chi connectivity index (χ1) is 6.38. The summed E-state index contributed by atoms with van der Waals surface area (Å²) in [6.07, 6.45) is 3.66. The van der Waals surface area contributed by atoms with Crippen molar-refractivity contribution in [3.05, 3.63) is 12.2 Å². The number of aryl methyl sites for hydroxylation is 1. The maximum atomic E-state index is 8.86. The fraction of sp³-hybridized carbons (Fsp3) is 0.750. The van der Waals surface area contributed by atoms with Gasteiger partial charge in [-0.25, -0.2) is 0 Å². The Morgan fingerprint density at radius 1 is 1.54 bits per heavy atom. The van der Waals surface area contributed by atoms with Crippen molar-refractivity contribution in [1.29, 1.82) is 0 Å². The van der Waals surface area contributed by atoms with Gasteiger partial charge in [0, 0.05) is 20.3 Å². The normalized spacial score (nSPS) is 10.6. The Hall–Kier alpha value is -0.940. The Bertz CT molecular complexity index is 237. The Balaban J connectivity index is 2.27. The summed E-state index contributed by atoms with van der Waals surface area (Å²) in [5, 5.41) is 16.3. The van der Waals surface area contributed by atoms with E-state index in [0.717, 1.165) is 26.0 Å². The number of nitrogens with zero attached hydrogens (tertiary/aromatic N) is 3. The number of methoxy groups -OCH3 is 1. The second kappa shape index (κ2) is 5.66. The van der Waals surface area contributed by atoms with Crippen molar-refractivity contribution in [2.45, 2.75) is 26.0 Å². The van der Waals surface area contributed by atoms with E-state index in [1.54, 1.807) is 13.4 Å². The molecular weight excluding hydrogens is 170 g/mol. The van der Waals surface area contributed by atoms with Crippen molar-refractivity contribution in [1.82, 2.24) is 14.8 Å². The quantitative estimate of drug-likeness (QED) is 0.643. The van der Waals surface area contributed by atoms with Gasteiger partial charge in [-0.1, -0.05) is 0 Å². The molecule has 5 nitrogen and oxygen atoms in total. The van der Waals surface area contributed by atoms with Crippen LogP contribution in [-0.4, -0.2) is 33.6 Å². The lowest BCUT2D eigenvalue weighted by molar-refractivity contribution is 0.190. The number of aromatic nitrogens is 3. The van der Waals surface area contributed by atoms with Gasteiger partial charge < -0.3 is 14.4 Å². The van der Waals surface area contributed by atoms with E-state index in [-0.39, 0.29) is 6.61 Å². The highest BCUT2D eigenvalue weighted by Crippen LogP contribution is 1.99. The maximum Gasteiger partial charge on any atom is 0.158 e. The molecular formula is C8H15N3O2. The van der Waals surface area contributed by atoms with Crippen LogP contribution >= 0.6 is 0 Å². The lowest BCUT2D eigenvalue weighted by atomic mass is 10.3. The van der Waals surface area contributed by atoms with Crippen LogP contribution in [0.15, 0.2) is 6.33 Å². The number of hydrogen-bond acceptors (Lipinski definition) is 4. The summed E-state index contributed by atoms with van der Waals surface area (Å²) < 4.78 is 6.78. The Morgan fingerprint density at radius 3 is 3.08 bits per heavy atom. The van der Waals surface area contributed by atoms with Crippen molar-refractivity contribution in [2.24, 2.45) is 0 Å². The third-order valence-corrected chi connectivity index (χ3v) is 1.83. The Kier molecular flexibility index (Phi) is 4.42. The van der Waals surface area contributed by atoms with E-state index in [1.165, 1.54) is 0 Å². The first-order valence-corrected chi connectivity index (χ1v) is 4.35. The van der Waals surface area contributed by atoms with E-state index in [2.05, 4.69) is 10.2 Å². The van der Waals surface area contributed by atoms with Crippen LogP contribution in [0.2, 0.25) is 0 Å². The fourth-order valence-electron chi connectivity index (χ4n) is 1.12. The lowest BCUT2D eigenvalue weighted by Crippen LogP contribution is -2.03. The van der Waals surface area contributed by atoms with Gasteiger partial charge in [0.05, 0.1) is 0 Å². The number of unbranched alkanes of at least 4 members (excludes halogenated alkanes) is 1. The maximum absolute atomic E-state index is 8.86. The van der Waals surface area contributed by atoms with Crippen LogP contribution in [0, 0.1) is 0 Å². The molecule has 0 fully saturated rings. The fourth-order valence-corrected chi connectivity index (χ4v) is 1.12. The molecule has 1 N–H and O–H groups in total. The zero-order valence-electron chi connectivity index (χ0n) is 7.81. The average molecular weight is 185 g/mol. The third kappa shape index (κ3) is 3.12. The molecule has 74 valence electrons. The lowest BCUT2D eigenvalue weighted by Gasteiger charge is -2.03. The molecule has 1 aromatic rings. The first-order valence-electron chi connectivity index (χ1n) is 4.35. The van der Waals surface area contributed by atoms with Gasteiger partial charge in [-0.05, 0) is 12.8 Å². The molecule has 0 bridgehead atoms. The van der Waals surface area contributed by atoms with E-state index in [9.17, 15) is 0 Å². The molecule has 0 radical (unpaired) electrons. The number of ether oxygens (including phenoxy) is 1. The first kappa shape index (κ1) is 10.1. The van der Waals surface area contributed by atoms with Crippen LogP contribution < -0.4 is 0 Å². The van der Waals surface area contributed by atoms with Gasteiger partial charge in [0.1, 0.15) is 12.9 Å². The number of rotatable bonds is 6. The molecule has 0 aliphatic rings. The number of aliphatic hydroxyl groups is 1. The van der Waals surface area contributed by atoms with Crippen LogP contribution in [0.3, 0.4) is 0 Å². The Labute approximate surface area is 77.4 Å². The summed E-state index contributed by atoms with van der Waals surface area (Å²) in [4.78, 5) is 0. The van der Waals surface area contributed by atoms with Gasteiger partial charge in [-0.2, -0.15) is 0 Å². The summed E-state index contributed by atoms with van der Waals surface area (Å²) in [7, 11) is 1.69. The second-order valence-electron chi connectivity index (χ2n) is 2.80. The average Bonchev–Trinajstić information content (AvgIpc) is 2.60. The third-order valence-electron chi connectivity index (χ3n) is 1.83. The van der Waals surface area contributed by atoms with Crippen molar-refractivity contribution < 1.29 is 9.84 Å². The predicted molar refractivity (Wildman–Crippen MR) is 47.1 cm³/mol. The molecule has 0 atom stereocenters. The van der Waals surface area contributed by atoms with Crippen LogP contribution in [0.4, 0.5) is 0 Å². The molecule has 1 rings (SSSR count). The molecule has 13 heavy (non-hydrogen) atoms. The van der Waals surface area contributed by atoms with Gasteiger partial charge in [0.2, 0.25) is 0 Å². The van der Waals surface area contributed by atoms with E-state index < -0.39 is 0 Å². The second-order valence-corrected chi connectivity index (χ2v) is 2.80. The summed E-state index contributed by atoms with van der Waals surface area (Å²) in [6, 6.07) is 0. The molecule has 1 aromatic heterocycles. The number of aliphatic hydroxyl groups excluding tert-OH is 1. The molecule has 1 heterocycles. The van der Waals surface area contributed by atoms with Crippen molar-refractivity contribution in [3.63, 3.8) is 0 Å². The van der Waals surface area contributed by atoms with Gasteiger partial charge in [0.15, 0.2) is 5.82 Å². The SMILES string of the molecule is COCCCCn1cnnc1CO. The van der Waals surface area contributed by atoms with Crippen LogP contribution in [0.5, 0.6) is 0 Å². The Morgan fingerprint density at radius 2 is 2.38 bits per heavy atom. The summed E-state index contributed by atoms with van der Waals surface area (Å²) in [6.45, 7) is 1.56. The smallest absolute Gasteiger partial charge is 0.158 e. The molecule has 0 spiro atoms. The highest BCUT2D eigenvalue weighted by Gasteiger charge is 2.00. The van der Waals surface area contributed by atoms with E-state index in [1.807, 2.05) is 4.57 Å². The van der Waals surface area contributed by atoms with Crippen molar-refractivity contribution >= 4 is 0 Å². The van der Waals surface area contributed by atoms with Crippen molar-refractivity contribution in [2.75, 3.05) is 13.7 Å². The predicted octanol–water partition coefficient (Wildman–Crippen LogP) is 0.197. The zero-order valence-corrected chi connectivity index (χ0v) is 7.81. The zero-order chi connectivity index (χ0) is 9.52. The highest BCUT2D eigenvalue weighted by atomic mass is 16.5. The minimum atomic E-state index is -0.0513. The van der Waals surface area contributed by atoms with Gasteiger partial charge >= 0.3 is 0 Å². The summed E-state index contributed by atoms with van der Waals surface area (Å²) >= 11 is 0. The minimum Gasteiger partial charge on any atom is -0.388 e. The van der Waals surface area contributed by atoms with Crippen LogP contribution in [0.25, 0.3) is 0 Å². The highest BCUT2D eigenvalue weighted by molar-refractivity contribution is 4.81. The molecule has 0 aromatic carbocycles. The largest absolute Gasteiger partial charge is 0.388 e. The molecule has 0 aliphatic heterocycles. The van der Waals surface area contributed by atoms with E-state index in [4.69, 9.17) is 9.84 Å². The monoisotopic (exact) mass is 185 g/mol. The van der Waals surface area contributed by atoms with E-state index in [0.29, 0.717) is 5.82 Å². The minimum absolute atomic E-state index is 0.0513. The molecule has 0 unspecified atom stereocenters. The number of hydrogen-bond donors (Lipinski definition) is 1. The van der Waals surface area contributed by atoms with Crippen molar-refractivity contribution in [3.8, 4) is 0 Å². The summed E-state index contributed by atoms with van der Waals surface area (Å²) in [5.74, 6) is 0.623. The van der Waals surface area contributed by atoms with Gasteiger partial charge in [0.25, 0.3) is 0 Å². The van der Waals surface area contributed by atoms with Crippen LogP contribution in [0.1, 0.15) is 18.7 Å². The van der Waals surface area contributed by atoms with Crippen LogP contribution in [-0.2, 0) is 17.9 Å². The molecule has 0 saturated heterocycles. The molecule has 5 heteroatoms. The topological polar surface area (TPSA) is 60.2 Å². The van der Waals surface area contributed by atoms with Gasteiger partial charge in [-0.3, -0.25) is 0 Å². The molecule has 0 aliphatic carbocycles. The summed E-state index contributed by atoms with van der Waals surface area (Å²) in [5.41, 5.74) is 0. The van der Waals surface area contributed by atoms with E-state index >= 15 is 0 Å². The van der Waals surface area contributed by atoms with Gasteiger partial charge in [-0.15, -0.1) is 10.2 Å². The molecule has 0 amide bonds. The molecule has 0 saturated carbocycles. The standard InChI is InChI=1S/C8H15N3O2/c1-13-5-3-2-4-11-7-9-10-8(11)6-12/h7,12H,2-6H2,1H3.